The smallest absolute Gasteiger partial charge is 0.430 e. The van der Waals surface area contributed by atoms with Gasteiger partial charge >= 0.3 is 6.09 Å². The number of aryl methyl sites for hydroxylation is 1. The minimum absolute atomic E-state index is 0.0278. The summed E-state index contributed by atoms with van der Waals surface area (Å²) in [6.45, 7) is 8.41. The molecule has 11 nitrogen and oxygen atoms in total. The lowest BCUT2D eigenvalue weighted by Gasteiger charge is -2.24. The summed E-state index contributed by atoms with van der Waals surface area (Å²) in [6.07, 6.45) is 2.71. The predicted molar refractivity (Wildman–Crippen MR) is 141 cm³/mol. The normalized spacial score (nSPS) is 11.8. The Balaban J connectivity index is 2.20. The molecule has 0 unspecified atom stereocenters. The van der Waals surface area contributed by atoms with E-state index in [0.717, 1.165) is 6.20 Å². The van der Waals surface area contributed by atoms with Crippen molar-refractivity contribution in [1.82, 2.24) is 15.0 Å². The van der Waals surface area contributed by atoms with E-state index in [0.29, 0.717) is 21.3 Å². The van der Waals surface area contributed by atoms with Crippen molar-refractivity contribution < 1.29 is 32.5 Å². The molecule has 2 heterocycles. The third-order valence-corrected chi connectivity index (χ3v) is 6.68. The van der Waals surface area contributed by atoms with Crippen molar-refractivity contribution in [2.75, 3.05) is 24.6 Å². The van der Waals surface area contributed by atoms with Crippen LogP contribution in [-0.4, -0.2) is 60.5 Å². The molecule has 0 saturated carbocycles. The average molecular weight is 545 g/mol. The van der Waals surface area contributed by atoms with Gasteiger partial charge in [0.25, 0.3) is 15.9 Å². The van der Waals surface area contributed by atoms with Crippen molar-refractivity contribution in [2.45, 2.75) is 45.1 Å². The summed E-state index contributed by atoms with van der Waals surface area (Å²) in [5.74, 6) is -0.246. The van der Waals surface area contributed by atoms with Crippen LogP contribution in [0, 0.1) is 12.8 Å². The Morgan fingerprint density at radius 3 is 2.50 bits per heavy atom. The Morgan fingerprint density at radius 2 is 1.84 bits per heavy atom. The summed E-state index contributed by atoms with van der Waals surface area (Å²) in [6, 6.07) is 8.25. The van der Waals surface area contributed by atoms with Crippen LogP contribution in [0.1, 0.15) is 33.4 Å². The highest BCUT2D eigenvalue weighted by molar-refractivity contribution is 7.93. The zero-order chi connectivity index (χ0) is 28.1. The maximum absolute atomic E-state index is 14.2. The Kier molecular flexibility index (Phi) is 8.89. The van der Waals surface area contributed by atoms with Gasteiger partial charge in [0.05, 0.1) is 31.2 Å². The number of rotatable bonds is 10. The van der Waals surface area contributed by atoms with E-state index in [1.807, 2.05) is 13.8 Å². The maximum Gasteiger partial charge on any atom is 0.430 e. The molecule has 38 heavy (non-hydrogen) atoms. The second kappa shape index (κ2) is 11.7. The fourth-order valence-corrected chi connectivity index (χ4v) is 4.74. The molecule has 1 aromatic carbocycles. The molecule has 12 heteroatoms. The summed E-state index contributed by atoms with van der Waals surface area (Å²) >= 11 is 0. The number of carbonyl (C=O) groups is 1. The van der Waals surface area contributed by atoms with Crippen LogP contribution in [0.25, 0.3) is 11.1 Å². The Morgan fingerprint density at radius 1 is 1.13 bits per heavy atom. The number of ether oxygens (including phenoxy) is 3. The van der Waals surface area contributed by atoms with Gasteiger partial charge in [0.1, 0.15) is 17.3 Å². The van der Waals surface area contributed by atoms with Gasteiger partial charge in [-0.15, -0.1) is 4.31 Å². The zero-order valence-corrected chi connectivity index (χ0v) is 23.0. The van der Waals surface area contributed by atoms with Crippen molar-refractivity contribution in [3.8, 4) is 22.8 Å². The van der Waals surface area contributed by atoms with Crippen LogP contribution in [0.5, 0.6) is 11.6 Å². The molecule has 0 atom stereocenters. The van der Waals surface area contributed by atoms with Gasteiger partial charge < -0.3 is 19.3 Å². The number of benzene rings is 1. The number of hydrogen-bond donors (Lipinski definition) is 1. The number of sulfonamides is 1. The van der Waals surface area contributed by atoms with Gasteiger partial charge in [-0.2, -0.15) is 0 Å². The monoisotopic (exact) mass is 544 g/mol. The second-order valence-electron chi connectivity index (χ2n) is 9.55. The third-order valence-electron chi connectivity index (χ3n) is 5.00. The fourth-order valence-electron chi connectivity index (χ4n) is 3.30. The number of amides is 1. The highest BCUT2D eigenvalue weighted by Gasteiger charge is 2.38. The van der Waals surface area contributed by atoms with Crippen LogP contribution in [0.4, 0.5) is 10.6 Å². The molecule has 3 aromatic rings. The SMILES string of the molecule is COc1nc(C)cnc1N(C(=O)OCC(C)C)S(=O)(=O)c1cnccc1-c1ccccc1OCC(C)(C)O. The van der Waals surface area contributed by atoms with Gasteiger partial charge in [-0.1, -0.05) is 32.0 Å². The molecular formula is C26H32N4O7S. The van der Waals surface area contributed by atoms with Crippen LogP contribution >= 0.6 is 0 Å². The third kappa shape index (κ3) is 6.75. The first-order chi connectivity index (χ1) is 17.8. The summed E-state index contributed by atoms with van der Waals surface area (Å²) in [5, 5.41) is 10.1. The van der Waals surface area contributed by atoms with Gasteiger partial charge in [-0.3, -0.25) is 4.98 Å². The first kappa shape index (κ1) is 28.8. The molecule has 0 saturated heterocycles. The van der Waals surface area contributed by atoms with Crippen molar-refractivity contribution in [3.63, 3.8) is 0 Å². The largest absolute Gasteiger partial charge is 0.490 e. The first-order valence-electron chi connectivity index (χ1n) is 11.8. The number of para-hydroxylation sites is 1. The maximum atomic E-state index is 14.2. The van der Waals surface area contributed by atoms with Gasteiger partial charge in [0.15, 0.2) is 0 Å². The number of carbonyl (C=O) groups excluding carboxylic acids is 1. The minimum atomic E-state index is -4.68. The number of nitrogens with zero attached hydrogens (tertiary/aromatic N) is 4. The van der Waals surface area contributed by atoms with E-state index in [9.17, 15) is 18.3 Å². The summed E-state index contributed by atoms with van der Waals surface area (Å²) in [5.41, 5.74) is -0.0431. The van der Waals surface area contributed by atoms with E-state index in [4.69, 9.17) is 14.2 Å². The van der Waals surface area contributed by atoms with E-state index in [2.05, 4.69) is 15.0 Å². The van der Waals surface area contributed by atoms with Gasteiger partial charge in [-0.05, 0) is 38.8 Å². The number of pyridine rings is 1. The Bertz CT molecular complexity index is 1390. The quantitative estimate of drug-likeness (QED) is 0.398. The zero-order valence-electron chi connectivity index (χ0n) is 22.2. The molecule has 1 amide bonds. The number of aromatic nitrogens is 3. The molecule has 0 fully saturated rings. The molecule has 0 aliphatic heterocycles. The number of methoxy groups -OCH3 is 1. The van der Waals surface area contributed by atoms with Crippen LogP contribution < -0.4 is 13.8 Å². The predicted octanol–water partition coefficient (Wildman–Crippen LogP) is 3.99. The van der Waals surface area contributed by atoms with Gasteiger partial charge in [-0.25, -0.2) is 23.2 Å². The topological polar surface area (TPSA) is 141 Å². The average Bonchev–Trinajstić information content (AvgIpc) is 2.86. The molecule has 0 radical (unpaired) electrons. The second-order valence-corrected chi connectivity index (χ2v) is 11.3. The molecule has 0 aliphatic rings. The Labute approximate surface area is 222 Å². The molecule has 3 rings (SSSR count). The van der Waals surface area contributed by atoms with Crippen LogP contribution in [0.2, 0.25) is 0 Å². The molecule has 0 spiro atoms. The molecule has 0 bridgehead atoms. The van der Waals surface area contributed by atoms with Gasteiger partial charge in [0.2, 0.25) is 5.82 Å². The number of aliphatic hydroxyl groups is 1. The summed E-state index contributed by atoms with van der Waals surface area (Å²) in [4.78, 5) is 25.3. The van der Waals surface area contributed by atoms with E-state index < -0.39 is 21.7 Å². The van der Waals surface area contributed by atoms with Crippen molar-refractivity contribution in [1.29, 1.82) is 0 Å². The highest BCUT2D eigenvalue weighted by Crippen LogP contribution is 2.37. The molecular weight excluding hydrogens is 512 g/mol. The molecule has 0 aliphatic carbocycles. The number of hydrogen-bond acceptors (Lipinski definition) is 10. The first-order valence-corrected chi connectivity index (χ1v) is 13.3. The van der Waals surface area contributed by atoms with Crippen molar-refractivity contribution in [2.24, 2.45) is 5.92 Å². The number of anilines is 1. The highest BCUT2D eigenvalue weighted by atomic mass is 32.2. The summed E-state index contributed by atoms with van der Waals surface area (Å²) in [7, 11) is -3.38. The molecule has 204 valence electrons. The lowest BCUT2D eigenvalue weighted by Crippen LogP contribution is -2.39. The van der Waals surface area contributed by atoms with Crippen LogP contribution in [-0.2, 0) is 14.8 Å². The molecule has 1 N–H and O–H groups in total. The lowest BCUT2D eigenvalue weighted by atomic mass is 10.1. The van der Waals surface area contributed by atoms with Crippen molar-refractivity contribution >= 4 is 21.9 Å². The van der Waals surface area contributed by atoms with E-state index in [1.54, 1.807) is 45.0 Å². The fraction of sp³-hybridized carbons (Fsp3) is 0.385. The van der Waals surface area contributed by atoms with Gasteiger partial charge in [0, 0.05) is 23.5 Å². The standard InChI is InChI=1S/C26H32N4O7S/c1-17(2)15-36-25(31)30(23-24(35-6)29-18(3)13-28-23)38(33,34)22-14-27-12-11-20(22)19-9-7-8-10-21(19)37-16-26(4,5)32/h7-14,17,32H,15-16H2,1-6H3. The Hall–Kier alpha value is -3.77. The van der Waals surface area contributed by atoms with Crippen LogP contribution in [0.15, 0.2) is 53.8 Å². The molecule has 2 aromatic heterocycles. The van der Waals surface area contributed by atoms with Crippen molar-refractivity contribution in [3.05, 3.63) is 54.6 Å². The van der Waals surface area contributed by atoms with E-state index >= 15 is 0 Å². The van der Waals surface area contributed by atoms with E-state index in [1.165, 1.54) is 25.6 Å². The lowest BCUT2D eigenvalue weighted by molar-refractivity contribution is 0.0287. The minimum Gasteiger partial charge on any atom is -0.490 e. The summed E-state index contributed by atoms with van der Waals surface area (Å²) < 4.78 is 45.2. The van der Waals surface area contributed by atoms with Crippen LogP contribution in [0.3, 0.4) is 0 Å². The van der Waals surface area contributed by atoms with E-state index in [-0.39, 0.29) is 41.3 Å².